The van der Waals surface area contributed by atoms with Gasteiger partial charge in [0, 0.05) is 27.7 Å². The fraction of sp³-hybridized carbons (Fsp3) is 0.800. The molecule has 1 rings (SSSR count). The van der Waals surface area contributed by atoms with Crippen molar-refractivity contribution in [3.8, 4) is 0 Å². The number of rotatable bonds is 8. The third kappa shape index (κ3) is 13.2. The molecule has 1 aliphatic heterocycles. The van der Waals surface area contributed by atoms with Crippen LogP contribution in [0.5, 0.6) is 0 Å². The topological polar surface area (TPSA) is 114 Å². The van der Waals surface area contributed by atoms with Crippen LogP contribution >= 0.6 is 7.92 Å². The molecule has 0 saturated carbocycles. The van der Waals surface area contributed by atoms with Crippen molar-refractivity contribution >= 4 is 44.4 Å². The van der Waals surface area contributed by atoms with Gasteiger partial charge in [0.2, 0.25) is 0 Å². The van der Waals surface area contributed by atoms with E-state index in [-0.39, 0.29) is 29.0 Å². The number of hydrogen-bond donors (Lipinski definition) is 0. The molecule has 0 unspecified atom stereocenters. The van der Waals surface area contributed by atoms with Crippen LogP contribution in [-0.4, -0.2) is 78.8 Å². The maximum absolute atomic E-state index is 11.4. The standard InChI is InChI=1S/C14H20O9S.C6H15P.Au/c1-6(15)19-5-10-11(20-7(2)16)12(21-8(3)17)13(14(24)23-10)22-9(4)18;1-4-7(5-2)6-3;/h10-14,24H,5H2,1-4H3;4-6H2,1-3H3;/q;;+1/p-1/t10-,11+,12+,13-,14+;;/m1../s1. The van der Waals surface area contributed by atoms with Crippen LogP contribution in [-0.2, 0) is 77.9 Å². The molecular formula is C20H34AuO9PS. The molecule has 1 aliphatic rings. The SMILES string of the molecule is CC(=O)OC[C@H]1O[C@@H]([S-])[C@H](OC(C)=O)[C@@H](OC(C)=O)[C@H]1OC(C)=O.CCP(CC)CC.[Au+]. The van der Waals surface area contributed by atoms with Gasteiger partial charge in [0.15, 0.2) is 12.2 Å². The summed E-state index contributed by atoms with van der Waals surface area (Å²) in [6, 6.07) is 0. The van der Waals surface area contributed by atoms with E-state index in [4.69, 9.17) is 36.3 Å². The Bertz CT molecular complexity index is 598. The number of carbonyl (C=O) groups is 4. The van der Waals surface area contributed by atoms with Gasteiger partial charge in [-0.25, -0.2) is 0 Å². The van der Waals surface area contributed by atoms with E-state index in [9.17, 15) is 19.2 Å². The monoisotopic (exact) mass is 678 g/mol. The molecule has 1 heterocycles. The Kier molecular flexibility index (Phi) is 18.6. The van der Waals surface area contributed by atoms with Gasteiger partial charge in [0.05, 0.1) is 0 Å². The average Bonchev–Trinajstić information content (AvgIpc) is 2.66. The minimum Gasteiger partial charge on any atom is -0.757 e. The molecule has 12 heteroatoms. The Balaban J connectivity index is 0. The van der Waals surface area contributed by atoms with Crippen molar-refractivity contribution < 1.29 is 65.2 Å². The first-order valence-electron chi connectivity index (χ1n) is 10.1. The summed E-state index contributed by atoms with van der Waals surface area (Å²) in [5.74, 6) is -2.62. The van der Waals surface area contributed by atoms with Crippen LogP contribution in [0.25, 0.3) is 0 Å². The normalized spacial score (nSPS) is 24.2. The molecule has 9 nitrogen and oxygen atoms in total. The minimum absolute atomic E-state index is 0. The molecule has 1 fully saturated rings. The van der Waals surface area contributed by atoms with Gasteiger partial charge in [-0.05, 0) is 23.9 Å². The molecular weight excluding hydrogens is 644 g/mol. The Morgan fingerprint density at radius 1 is 0.750 bits per heavy atom. The second kappa shape index (κ2) is 17.8. The molecule has 32 heavy (non-hydrogen) atoms. The van der Waals surface area contributed by atoms with E-state index in [1.807, 2.05) is 0 Å². The van der Waals surface area contributed by atoms with Gasteiger partial charge in [0.1, 0.15) is 18.8 Å². The Labute approximate surface area is 212 Å². The van der Waals surface area contributed by atoms with E-state index >= 15 is 0 Å². The summed E-state index contributed by atoms with van der Waals surface area (Å²) >= 11 is 5.11. The molecule has 0 aliphatic carbocycles. The largest absolute Gasteiger partial charge is 1.00 e. The van der Waals surface area contributed by atoms with Crippen molar-refractivity contribution in [2.45, 2.75) is 78.3 Å². The summed E-state index contributed by atoms with van der Waals surface area (Å²) in [5.41, 5.74) is -1.09. The van der Waals surface area contributed by atoms with Crippen molar-refractivity contribution in [2.24, 2.45) is 0 Å². The Hall–Kier alpha value is -0.640. The number of esters is 4. The molecule has 0 N–H and O–H groups in total. The van der Waals surface area contributed by atoms with Crippen molar-refractivity contribution in [1.29, 1.82) is 0 Å². The second-order valence-electron chi connectivity index (χ2n) is 6.69. The van der Waals surface area contributed by atoms with Gasteiger partial charge in [-0.2, -0.15) is 0 Å². The zero-order chi connectivity index (χ0) is 24.1. The van der Waals surface area contributed by atoms with Crippen LogP contribution in [0.15, 0.2) is 0 Å². The molecule has 0 aromatic carbocycles. The molecule has 0 aromatic heterocycles. The van der Waals surface area contributed by atoms with Crippen LogP contribution in [0, 0.1) is 0 Å². The fourth-order valence-electron chi connectivity index (χ4n) is 2.86. The number of ether oxygens (including phenoxy) is 5. The van der Waals surface area contributed by atoms with Gasteiger partial charge in [-0.15, -0.1) is 7.92 Å². The van der Waals surface area contributed by atoms with Crippen molar-refractivity contribution in [2.75, 3.05) is 25.1 Å². The summed E-state index contributed by atoms with van der Waals surface area (Å²) in [6.07, 6.45) is -0.218. The molecule has 0 bridgehead atoms. The van der Waals surface area contributed by atoms with E-state index < -0.39 is 53.7 Å². The summed E-state index contributed by atoms with van der Waals surface area (Å²) in [7, 11) is 0.446. The maximum atomic E-state index is 11.4. The quantitative estimate of drug-likeness (QED) is 0.125. The van der Waals surface area contributed by atoms with Crippen molar-refractivity contribution in [3.63, 3.8) is 0 Å². The number of carbonyl (C=O) groups excluding carboxylic acids is 4. The van der Waals surface area contributed by atoms with Crippen molar-refractivity contribution in [1.82, 2.24) is 0 Å². The van der Waals surface area contributed by atoms with Gasteiger partial charge in [0.25, 0.3) is 0 Å². The van der Waals surface area contributed by atoms with Gasteiger partial charge < -0.3 is 36.3 Å². The van der Waals surface area contributed by atoms with E-state index in [1.165, 1.54) is 25.4 Å². The first kappa shape index (κ1) is 33.5. The average molecular weight is 678 g/mol. The smallest absolute Gasteiger partial charge is 0.757 e. The predicted octanol–water partition coefficient (Wildman–Crippen LogP) is 2.14. The summed E-state index contributed by atoms with van der Waals surface area (Å²) < 4.78 is 25.7. The van der Waals surface area contributed by atoms with Gasteiger partial charge in [-0.1, -0.05) is 20.8 Å². The zero-order valence-electron chi connectivity index (χ0n) is 19.5. The van der Waals surface area contributed by atoms with E-state index in [0.717, 1.165) is 20.8 Å². The molecule has 0 spiro atoms. The zero-order valence-corrected chi connectivity index (χ0v) is 23.4. The van der Waals surface area contributed by atoms with Crippen LogP contribution in [0.3, 0.4) is 0 Å². The summed E-state index contributed by atoms with van der Waals surface area (Å²) in [6.45, 7) is 11.2. The van der Waals surface area contributed by atoms with E-state index in [0.29, 0.717) is 7.92 Å². The molecule has 1 saturated heterocycles. The van der Waals surface area contributed by atoms with Crippen LogP contribution in [0.2, 0.25) is 0 Å². The summed E-state index contributed by atoms with van der Waals surface area (Å²) in [4.78, 5) is 45.0. The third-order valence-electron chi connectivity index (χ3n) is 4.29. The maximum Gasteiger partial charge on any atom is 1.00 e. The van der Waals surface area contributed by atoms with Gasteiger partial charge >= 0.3 is 46.3 Å². The van der Waals surface area contributed by atoms with Crippen LogP contribution in [0.1, 0.15) is 48.5 Å². The Morgan fingerprint density at radius 2 is 1.16 bits per heavy atom. The first-order valence-corrected chi connectivity index (χ1v) is 12.5. The third-order valence-corrected chi connectivity index (χ3v) is 7.35. The minimum atomic E-state index is -1.19. The Morgan fingerprint density at radius 3 is 1.50 bits per heavy atom. The van der Waals surface area contributed by atoms with E-state index in [2.05, 4.69) is 20.8 Å². The molecule has 0 radical (unpaired) electrons. The van der Waals surface area contributed by atoms with Gasteiger partial charge in [-0.3, -0.25) is 19.2 Å². The number of hydrogen-bond acceptors (Lipinski definition) is 10. The second-order valence-corrected chi connectivity index (χ2v) is 10.4. The molecule has 0 amide bonds. The fourth-order valence-corrected chi connectivity index (χ4v) is 4.55. The van der Waals surface area contributed by atoms with E-state index in [1.54, 1.807) is 0 Å². The van der Waals surface area contributed by atoms with Crippen molar-refractivity contribution in [3.05, 3.63) is 0 Å². The molecule has 5 atom stereocenters. The first-order chi connectivity index (χ1) is 14.5. The predicted molar refractivity (Wildman–Crippen MR) is 118 cm³/mol. The molecule has 190 valence electrons. The summed E-state index contributed by atoms with van der Waals surface area (Å²) in [5, 5.41) is 0. The molecule has 0 aromatic rings. The van der Waals surface area contributed by atoms with Crippen LogP contribution in [0.4, 0.5) is 0 Å². The van der Waals surface area contributed by atoms with Crippen LogP contribution < -0.4 is 0 Å².